The quantitative estimate of drug-likeness (QED) is 0.278. The number of sulfonamides is 1. The highest BCUT2D eigenvalue weighted by Gasteiger charge is 2.41. The minimum absolute atomic E-state index is 0.00336. The van der Waals surface area contributed by atoms with Gasteiger partial charge in [-0.05, 0) is 34.9 Å². The summed E-state index contributed by atoms with van der Waals surface area (Å²) < 4.78 is 29.5. The van der Waals surface area contributed by atoms with Gasteiger partial charge in [-0.1, -0.05) is 109 Å². The second kappa shape index (κ2) is 10.7. The van der Waals surface area contributed by atoms with Gasteiger partial charge in [0.2, 0.25) is 0 Å². The van der Waals surface area contributed by atoms with Gasteiger partial charge in [0.25, 0.3) is 15.9 Å². The third kappa shape index (κ3) is 4.76. The average molecular weight is 541 g/mol. The first-order valence-corrected chi connectivity index (χ1v) is 13.9. The topological polar surface area (TPSA) is 66.5 Å². The molecule has 0 fully saturated rings. The number of hydrogen-bond acceptors (Lipinski definition) is 3. The van der Waals surface area contributed by atoms with Crippen molar-refractivity contribution in [1.29, 1.82) is 0 Å². The van der Waals surface area contributed by atoms with Crippen molar-refractivity contribution in [3.8, 4) is 0 Å². The van der Waals surface area contributed by atoms with E-state index in [2.05, 4.69) is 11.9 Å². The number of hydrogen-bond donors (Lipinski definition) is 1. The molecule has 0 bridgehead atoms. The zero-order valence-corrected chi connectivity index (χ0v) is 22.0. The van der Waals surface area contributed by atoms with Crippen LogP contribution in [0.15, 0.2) is 127 Å². The summed E-state index contributed by atoms with van der Waals surface area (Å²) in [4.78, 5) is 13.8. The van der Waals surface area contributed by atoms with E-state index >= 15 is 0 Å². The fraction of sp³-hybridized carbons (Fsp3) is 0.0645. The summed E-state index contributed by atoms with van der Waals surface area (Å²) in [6.07, 6.45) is 1.50. The number of carbonyl (C=O) groups excluding carboxylic acids is 1. The fourth-order valence-corrected chi connectivity index (χ4v) is 6.59. The predicted molar refractivity (Wildman–Crippen MR) is 153 cm³/mol. The highest BCUT2D eigenvalue weighted by Crippen LogP contribution is 2.44. The molecule has 190 valence electrons. The molecule has 4 aromatic rings. The largest absolute Gasteiger partial charge is 0.340 e. The van der Waals surface area contributed by atoms with Crippen LogP contribution >= 0.6 is 11.6 Å². The summed E-state index contributed by atoms with van der Waals surface area (Å²) in [6.45, 7) is 3.73. The SMILES string of the molecule is C=CCN1c2ccc(Cl)cc2C(c2ccccc2)=C(C(=O)NC(c2ccccc2)c2ccccc2)S1(=O)=O. The van der Waals surface area contributed by atoms with E-state index in [-0.39, 0.29) is 11.4 Å². The van der Waals surface area contributed by atoms with E-state index in [0.717, 1.165) is 11.1 Å². The van der Waals surface area contributed by atoms with Crippen LogP contribution in [-0.4, -0.2) is 20.9 Å². The molecular formula is C31H25ClN2O3S. The number of carbonyl (C=O) groups is 1. The zero-order valence-electron chi connectivity index (χ0n) is 20.4. The molecule has 0 saturated heterocycles. The van der Waals surface area contributed by atoms with Crippen LogP contribution in [0.25, 0.3) is 5.57 Å². The van der Waals surface area contributed by atoms with E-state index in [1.807, 2.05) is 78.9 Å². The molecule has 1 N–H and O–H groups in total. The molecule has 1 amide bonds. The van der Waals surface area contributed by atoms with Crippen LogP contribution in [-0.2, 0) is 14.8 Å². The molecule has 38 heavy (non-hydrogen) atoms. The molecule has 5 rings (SSSR count). The van der Waals surface area contributed by atoms with Gasteiger partial charge in [0.05, 0.1) is 18.3 Å². The Morgan fingerprint density at radius 3 is 1.97 bits per heavy atom. The lowest BCUT2D eigenvalue weighted by atomic mass is 9.94. The summed E-state index contributed by atoms with van der Waals surface area (Å²) >= 11 is 6.39. The Bertz CT molecular complexity index is 1580. The molecule has 4 aromatic carbocycles. The molecule has 7 heteroatoms. The molecule has 0 aromatic heterocycles. The maximum Gasteiger partial charge on any atom is 0.270 e. The van der Waals surface area contributed by atoms with E-state index in [9.17, 15) is 13.2 Å². The summed E-state index contributed by atoms with van der Waals surface area (Å²) in [7, 11) is -4.27. The third-order valence-electron chi connectivity index (χ3n) is 6.38. The Morgan fingerprint density at radius 1 is 0.868 bits per heavy atom. The molecule has 0 atom stereocenters. The number of fused-ring (bicyclic) bond motifs is 1. The summed E-state index contributed by atoms with van der Waals surface area (Å²) in [5.41, 5.74) is 3.55. The Morgan fingerprint density at radius 2 is 1.42 bits per heavy atom. The highest BCUT2D eigenvalue weighted by atomic mass is 35.5. The van der Waals surface area contributed by atoms with Gasteiger partial charge in [-0.15, -0.1) is 6.58 Å². The van der Waals surface area contributed by atoms with Gasteiger partial charge < -0.3 is 5.32 Å². The van der Waals surface area contributed by atoms with Crippen molar-refractivity contribution >= 4 is 38.8 Å². The average Bonchev–Trinajstić information content (AvgIpc) is 2.94. The molecule has 0 radical (unpaired) electrons. The van der Waals surface area contributed by atoms with Crippen LogP contribution in [0.3, 0.4) is 0 Å². The third-order valence-corrected chi connectivity index (χ3v) is 8.44. The molecule has 0 aliphatic carbocycles. The van der Waals surface area contributed by atoms with E-state index in [1.165, 1.54) is 10.4 Å². The summed E-state index contributed by atoms with van der Waals surface area (Å²) in [5.74, 6) is -0.707. The smallest absolute Gasteiger partial charge is 0.270 e. The molecular weight excluding hydrogens is 516 g/mol. The number of nitrogens with zero attached hydrogens (tertiary/aromatic N) is 1. The maximum atomic E-state index is 14.2. The standard InChI is InChI=1S/C31H25ClN2O3S/c1-2-20-34-27-19-18-25(32)21-26(27)28(22-12-6-3-7-13-22)30(38(34,36)37)31(35)33-29(23-14-8-4-9-15-23)24-16-10-5-11-17-24/h2-19,21,29H,1,20H2,(H,33,35). The van der Waals surface area contributed by atoms with E-state index in [0.29, 0.717) is 27.4 Å². The fourth-order valence-electron chi connectivity index (χ4n) is 4.70. The van der Waals surface area contributed by atoms with E-state index in [1.54, 1.807) is 30.3 Å². The highest BCUT2D eigenvalue weighted by molar-refractivity contribution is 7.97. The Labute approximate surface area is 227 Å². The van der Waals surface area contributed by atoms with Crippen molar-refractivity contribution in [2.45, 2.75) is 6.04 Å². The number of amides is 1. The molecule has 1 aliphatic heterocycles. The van der Waals surface area contributed by atoms with Crippen molar-refractivity contribution in [3.63, 3.8) is 0 Å². The first-order valence-electron chi connectivity index (χ1n) is 12.1. The van der Waals surface area contributed by atoms with Gasteiger partial charge in [-0.2, -0.15) is 0 Å². The van der Waals surface area contributed by atoms with Crippen LogP contribution in [0.5, 0.6) is 0 Å². The number of halogens is 1. The van der Waals surface area contributed by atoms with E-state index < -0.39 is 22.0 Å². The van der Waals surface area contributed by atoms with Gasteiger partial charge in [0.1, 0.15) is 0 Å². The Kier molecular flexibility index (Phi) is 7.18. The molecule has 1 aliphatic rings. The second-order valence-corrected chi connectivity index (χ2v) is 11.0. The number of anilines is 1. The lowest BCUT2D eigenvalue weighted by Gasteiger charge is -2.33. The van der Waals surface area contributed by atoms with Crippen LogP contribution in [0.1, 0.15) is 28.3 Å². The van der Waals surface area contributed by atoms with Crippen LogP contribution < -0.4 is 9.62 Å². The first kappa shape index (κ1) is 25.5. The molecule has 1 heterocycles. The van der Waals surface area contributed by atoms with Gasteiger partial charge in [-0.3, -0.25) is 9.10 Å². The Balaban J connectivity index is 1.74. The second-order valence-electron chi connectivity index (χ2n) is 8.78. The monoisotopic (exact) mass is 540 g/mol. The van der Waals surface area contributed by atoms with Crippen molar-refractivity contribution in [2.24, 2.45) is 0 Å². The first-order chi connectivity index (χ1) is 18.4. The van der Waals surface area contributed by atoms with Crippen LogP contribution in [0.2, 0.25) is 5.02 Å². The van der Waals surface area contributed by atoms with Gasteiger partial charge >= 0.3 is 0 Å². The number of nitrogens with one attached hydrogen (secondary N) is 1. The normalized spacial score (nSPS) is 14.2. The lowest BCUT2D eigenvalue weighted by molar-refractivity contribution is -0.117. The lowest BCUT2D eigenvalue weighted by Crippen LogP contribution is -2.42. The molecule has 5 nitrogen and oxygen atoms in total. The molecule has 0 saturated carbocycles. The predicted octanol–water partition coefficient (Wildman–Crippen LogP) is 6.34. The van der Waals surface area contributed by atoms with Crippen molar-refractivity contribution in [2.75, 3.05) is 10.8 Å². The minimum Gasteiger partial charge on any atom is -0.340 e. The Hall–Kier alpha value is -4.13. The maximum absolute atomic E-state index is 14.2. The zero-order chi connectivity index (χ0) is 26.7. The van der Waals surface area contributed by atoms with Crippen molar-refractivity contribution in [3.05, 3.63) is 154 Å². The van der Waals surface area contributed by atoms with Crippen LogP contribution in [0.4, 0.5) is 5.69 Å². The van der Waals surface area contributed by atoms with Crippen molar-refractivity contribution in [1.82, 2.24) is 5.32 Å². The summed E-state index contributed by atoms with van der Waals surface area (Å²) in [5, 5.41) is 3.45. The molecule has 0 unspecified atom stereocenters. The minimum atomic E-state index is -4.27. The van der Waals surface area contributed by atoms with Crippen molar-refractivity contribution < 1.29 is 13.2 Å². The van der Waals surface area contributed by atoms with Crippen LogP contribution in [0, 0.1) is 0 Å². The van der Waals surface area contributed by atoms with E-state index in [4.69, 9.17) is 11.6 Å². The summed E-state index contributed by atoms with van der Waals surface area (Å²) in [6, 6.07) is 32.4. The van der Waals surface area contributed by atoms with Gasteiger partial charge in [-0.25, -0.2) is 8.42 Å². The van der Waals surface area contributed by atoms with Gasteiger partial charge in [0.15, 0.2) is 4.91 Å². The number of benzene rings is 4. The number of rotatable bonds is 7. The van der Waals surface area contributed by atoms with Gasteiger partial charge in [0, 0.05) is 16.2 Å². The molecule has 0 spiro atoms.